The van der Waals surface area contributed by atoms with E-state index in [4.69, 9.17) is 14.5 Å². The van der Waals surface area contributed by atoms with Crippen molar-refractivity contribution >= 4 is 56.1 Å². The Morgan fingerprint density at radius 3 is 2.76 bits per heavy atom. The molecule has 0 bridgehead atoms. The van der Waals surface area contributed by atoms with Gasteiger partial charge in [-0.25, -0.2) is 9.97 Å². The van der Waals surface area contributed by atoms with Gasteiger partial charge in [0, 0.05) is 18.2 Å². The molecule has 2 aromatic carbocycles. The van der Waals surface area contributed by atoms with Crippen LogP contribution in [0.2, 0.25) is 0 Å². The van der Waals surface area contributed by atoms with E-state index < -0.39 is 0 Å². The second-order valence-corrected chi connectivity index (χ2v) is 10.4. The van der Waals surface area contributed by atoms with Gasteiger partial charge in [-0.3, -0.25) is 14.2 Å². The Labute approximate surface area is 207 Å². The zero-order valence-electron chi connectivity index (χ0n) is 18.4. The first-order chi connectivity index (χ1) is 16.6. The highest BCUT2D eigenvalue weighted by atomic mass is 32.2. The van der Waals surface area contributed by atoms with E-state index in [2.05, 4.69) is 10.3 Å². The van der Waals surface area contributed by atoms with Crippen LogP contribution in [0.1, 0.15) is 5.69 Å². The molecule has 1 aliphatic heterocycles. The fraction of sp³-hybridized carbons (Fsp3) is 0.217. The predicted octanol–water partition coefficient (Wildman–Crippen LogP) is 4.24. The van der Waals surface area contributed by atoms with Gasteiger partial charge in [-0.1, -0.05) is 35.2 Å². The number of methoxy groups -OCH3 is 2. The molecular formula is C23H20N4O4S3. The van der Waals surface area contributed by atoms with Crippen molar-refractivity contribution < 1.29 is 14.3 Å². The Balaban J connectivity index is 1.43. The molecule has 11 heteroatoms. The Hall–Kier alpha value is -3.02. The molecule has 1 amide bonds. The maximum atomic E-state index is 13.4. The highest BCUT2D eigenvalue weighted by Gasteiger charge is 2.24. The van der Waals surface area contributed by atoms with Crippen molar-refractivity contribution in [2.24, 2.45) is 0 Å². The van der Waals surface area contributed by atoms with Crippen LogP contribution in [-0.2, 0) is 11.2 Å². The Kier molecular flexibility index (Phi) is 6.48. The lowest BCUT2D eigenvalue weighted by Crippen LogP contribution is -2.24. The number of nitrogens with one attached hydrogen (secondary N) is 1. The van der Waals surface area contributed by atoms with Gasteiger partial charge in [0.15, 0.2) is 21.8 Å². The average Bonchev–Trinajstić information content (AvgIpc) is 3.49. The summed E-state index contributed by atoms with van der Waals surface area (Å²) in [6.07, 6.45) is 0.730. The summed E-state index contributed by atoms with van der Waals surface area (Å²) < 4.78 is 13.3. The monoisotopic (exact) mass is 512 g/mol. The van der Waals surface area contributed by atoms with Crippen LogP contribution in [0.3, 0.4) is 0 Å². The topological polar surface area (TPSA) is 95.3 Å². The fourth-order valence-electron chi connectivity index (χ4n) is 3.59. The number of anilines is 1. The standard InChI is InChI=1S/C23H20N4O4S3/c1-30-16-8-7-13(11-17(16)31-2)27-21(29)20-15(9-10-32-20)25-23(27)33-12-19(28)26-22-24-14-5-3-4-6-18(14)34-22/h3-8,11H,9-10,12H2,1-2H3,(H,24,26,28). The lowest BCUT2D eigenvalue weighted by atomic mass is 10.2. The van der Waals surface area contributed by atoms with Crippen LogP contribution >= 0.6 is 34.9 Å². The molecule has 3 heterocycles. The minimum Gasteiger partial charge on any atom is -0.493 e. The SMILES string of the molecule is COc1ccc(-n2c(SCC(=O)Nc3nc4ccccc4s3)nc3c(c2=O)SCC3)cc1OC. The lowest BCUT2D eigenvalue weighted by molar-refractivity contribution is -0.113. The maximum Gasteiger partial charge on any atom is 0.272 e. The molecule has 5 rings (SSSR count). The van der Waals surface area contributed by atoms with E-state index in [1.165, 1.54) is 39.4 Å². The normalized spacial score (nSPS) is 12.5. The third-order valence-electron chi connectivity index (χ3n) is 5.16. The number of ether oxygens (including phenoxy) is 2. The van der Waals surface area contributed by atoms with E-state index in [1.807, 2.05) is 24.3 Å². The number of para-hydroxylation sites is 1. The van der Waals surface area contributed by atoms with Crippen molar-refractivity contribution in [2.75, 3.05) is 31.0 Å². The molecule has 1 aliphatic rings. The number of nitrogens with zero attached hydrogens (tertiary/aromatic N) is 3. The van der Waals surface area contributed by atoms with E-state index in [0.717, 1.165) is 28.1 Å². The molecule has 0 unspecified atom stereocenters. The first-order valence-corrected chi connectivity index (χ1v) is 13.2. The van der Waals surface area contributed by atoms with Crippen molar-refractivity contribution in [1.29, 1.82) is 0 Å². The van der Waals surface area contributed by atoms with Crippen LogP contribution in [0.15, 0.2) is 57.3 Å². The molecule has 2 aromatic heterocycles. The number of fused-ring (bicyclic) bond motifs is 2. The largest absolute Gasteiger partial charge is 0.493 e. The van der Waals surface area contributed by atoms with Crippen molar-refractivity contribution in [3.05, 3.63) is 58.5 Å². The van der Waals surface area contributed by atoms with Crippen LogP contribution in [0.5, 0.6) is 11.5 Å². The van der Waals surface area contributed by atoms with Gasteiger partial charge < -0.3 is 14.8 Å². The molecular weight excluding hydrogens is 492 g/mol. The highest BCUT2D eigenvalue weighted by molar-refractivity contribution is 8.00. The smallest absolute Gasteiger partial charge is 0.272 e. The van der Waals surface area contributed by atoms with E-state index in [-0.39, 0.29) is 17.2 Å². The molecule has 0 saturated carbocycles. The molecule has 0 spiro atoms. The number of amides is 1. The van der Waals surface area contributed by atoms with Gasteiger partial charge in [0.05, 0.1) is 46.5 Å². The van der Waals surface area contributed by atoms with Crippen LogP contribution < -0.4 is 20.3 Å². The molecule has 0 saturated heterocycles. The van der Waals surface area contributed by atoms with E-state index in [1.54, 1.807) is 32.4 Å². The van der Waals surface area contributed by atoms with Crippen LogP contribution in [0.4, 0.5) is 5.13 Å². The molecule has 4 aromatic rings. The third-order valence-corrected chi connectivity index (χ3v) is 8.16. The number of thioether (sulfide) groups is 2. The summed E-state index contributed by atoms with van der Waals surface area (Å²) in [6.45, 7) is 0. The molecule has 8 nitrogen and oxygen atoms in total. The van der Waals surface area contributed by atoms with Gasteiger partial charge in [0.2, 0.25) is 5.91 Å². The maximum absolute atomic E-state index is 13.4. The second kappa shape index (κ2) is 9.69. The fourth-order valence-corrected chi connectivity index (χ4v) is 6.33. The van der Waals surface area contributed by atoms with Crippen molar-refractivity contribution in [3.8, 4) is 17.2 Å². The molecule has 0 aliphatic carbocycles. The first-order valence-electron chi connectivity index (χ1n) is 10.4. The number of thiazole rings is 1. The van der Waals surface area contributed by atoms with E-state index >= 15 is 0 Å². The number of hydrogen-bond acceptors (Lipinski definition) is 9. The van der Waals surface area contributed by atoms with E-state index in [0.29, 0.717) is 32.4 Å². The Bertz CT molecular complexity index is 1420. The van der Waals surface area contributed by atoms with Gasteiger partial charge in [-0.2, -0.15) is 0 Å². The molecule has 0 atom stereocenters. The van der Waals surface area contributed by atoms with Crippen LogP contribution in [0.25, 0.3) is 15.9 Å². The molecule has 34 heavy (non-hydrogen) atoms. The quantitative estimate of drug-likeness (QED) is 0.290. The number of carbonyl (C=O) groups is 1. The van der Waals surface area contributed by atoms with Crippen molar-refractivity contribution in [2.45, 2.75) is 16.5 Å². The average molecular weight is 513 g/mol. The Morgan fingerprint density at radius 1 is 1.15 bits per heavy atom. The molecule has 0 fully saturated rings. The second-order valence-electron chi connectivity index (χ2n) is 7.27. The highest BCUT2D eigenvalue weighted by Crippen LogP contribution is 2.33. The summed E-state index contributed by atoms with van der Waals surface area (Å²) in [6, 6.07) is 13.0. The summed E-state index contributed by atoms with van der Waals surface area (Å²) in [7, 11) is 3.10. The molecule has 1 N–H and O–H groups in total. The number of hydrogen-bond donors (Lipinski definition) is 1. The lowest BCUT2D eigenvalue weighted by Gasteiger charge is -2.15. The summed E-state index contributed by atoms with van der Waals surface area (Å²) >= 11 is 4.15. The molecule has 174 valence electrons. The summed E-state index contributed by atoms with van der Waals surface area (Å²) in [5, 5.41) is 3.85. The molecule has 0 radical (unpaired) electrons. The summed E-state index contributed by atoms with van der Waals surface area (Å²) in [5.41, 5.74) is 2.07. The third kappa shape index (κ3) is 4.38. The minimum absolute atomic E-state index is 0.0849. The number of aromatic nitrogens is 3. The summed E-state index contributed by atoms with van der Waals surface area (Å²) in [5.74, 6) is 1.75. The summed E-state index contributed by atoms with van der Waals surface area (Å²) in [4.78, 5) is 35.9. The van der Waals surface area contributed by atoms with Crippen molar-refractivity contribution in [3.63, 3.8) is 0 Å². The number of benzene rings is 2. The van der Waals surface area contributed by atoms with Crippen molar-refractivity contribution in [1.82, 2.24) is 14.5 Å². The first kappa shape index (κ1) is 22.8. The minimum atomic E-state index is -0.216. The number of aryl methyl sites for hydroxylation is 1. The van der Waals surface area contributed by atoms with Crippen LogP contribution in [0, 0.1) is 0 Å². The zero-order valence-corrected chi connectivity index (χ0v) is 20.8. The Morgan fingerprint density at radius 2 is 1.97 bits per heavy atom. The number of rotatable bonds is 7. The van der Waals surface area contributed by atoms with Gasteiger partial charge in [0.25, 0.3) is 5.56 Å². The van der Waals surface area contributed by atoms with E-state index in [9.17, 15) is 9.59 Å². The number of carbonyl (C=O) groups excluding carboxylic acids is 1. The van der Waals surface area contributed by atoms with Gasteiger partial charge in [0.1, 0.15) is 0 Å². The van der Waals surface area contributed by atoms with Gasteiger partial charge in [-0.05, 0) is 24.3 Å². The van der Waals surface area contributed by atoms with Gasteiger partial charge in [-0.15, -0.1) is 11.8 Å². The van der Waals surface area contributed by atoms with Gasteiger partial charge >= 0.3 is 0 Å². The van der Waals surface area contributed by atoms with Crippen LogP contribution in [-0.4, -0.2) is 46.2 Å². The predicted molar refractivity (Wildman–Crippen MR) is 136 cm³/mol. The zero-order chi connectivity index (χ0) is 23.7.